The predicted molar refractivity (Wildman–Crippen MR) is 78.9 cm³/mol. The second-order valence-corrected chi connectivity index (χ2v) is 6.42. The van der Waals surface area contributed by atoms with Crippen molar-refractivity contribution in [3.05, 3.63) is 44.6 Å². The van der Waals surface area contributed by atoms with Crippen LogP contribution in [-0.2, 0) is 12.5 Å². The van der Waals surface area contributed by atoms with Gasteiger partial charge in [-0.1, -0.05) is 0 Å². The highest BCUT2D eigenvalue weighted by Gasteiger charge is 2.06. The number of methoxy groups -OCH3 is 1. The van der Waals surface area contributed by atoms with Crippen molar-refractivity contribution in [1.29, 1.82) is 0 Å². The summed E-state index contributed by atoms with van der Waals surface area (Å²) in [5.74, 6) is 1.99. The SMILES string of the molecule is COc1ccc(OCc2ccc(Br)s2)c(CCl)c1. The maximum Gasteiger partial charge on any atom is 0.124 e. The maximum absolute atomic E-state index is 5.91. The first-order valence-electron chi connectivity index (χ1n) is 5.33. The van der Waals surface area contributed by atoms with Crippen LogP contribution in [0.4, 0.5) is 0 Å². The third-order valence-electron chi connectivity index (χ3n) is 2.41. The van der Waals surface area contributed by atoms with Gasteiger partial charge in [-0.25, -0.2) is 0 Å². The first-order valence-corrected chi connectivity index (χ1v) is 7.47. The highest BCUT2D eigenvalue weighted by Crippen LogP contribution is 2.28. The van der Waals surface area contributed by atoms with E-state index in [-0.39, 0.29) is 0 Å². The average molecular weight is 348 g/mol. The Morgan fingerprint density at radius 3 is 2.72 bits per heavy atom. The third kappa shape index (κ3) is 3.40. The first kappa shape index (κ1) is 13.7. The molecule has 2 nitrogen and oxygen atoms in total. The highest BCUT2D eigenvalue weighted by molar-refractivity contribution is 9.11. The fourth-order valence-corrected chi connectivity index (χ4v) is 3.11. The van der Waals surface area contributed by atoms with E-state index < -0.39 is 0 Å². The fraction of sp³-hybridized carbons (Fsp3) is 0.231. The van der Waals surface area contributed by atoms with Crippen LogP contribution in [0.2, 0.25) is 0 Å². The Morgan fingerprint density at radius 1 is 1.28 bits per heavy atom. The van der Waals surface area contributed by atoms with Gasteiger partial charge in [-0.15, -0.1) is 22.9 Å². The van der Waals surface area contributed by atoms with Crippen molar-refractivity contribution >= 4 is 38.9 Å². The Balaban J connectivity index is 2.08. The Hall–Kier alpha value is -0.710. The van der Waals surface area contributed by atoms with Crippen molar-refractivity contribution in [2.45, 2.75) is 12.5 Å². The van der Waals surface area contributed by atoms with E-state index in [1.807, 2.05) is 30.3 Å². The van der Waals surface area contributed by atoms with E-state index in [0.29, 0.717) is 12.5 Å². The van der Waals surface area contributed by atoms with Gasteiger partial charge in [0.15, 0.2) is 0 Å². The van der Waals surface area contributed by atoms with E-state index in [1.54, 1.807) is 18.4 Å². The standard InChI is InChI=1S/C13H12BrClO2S/c1-16-10-2-4-12(9(6-10)7-15)17-8-11-3-5-13(14)18-11/h2-6H,7-8H2,1H3. The van der Waals surface area contributed by atoms with E-state index in [2.05, 4.69) is 15.9 Å². The number of halogens is 2. The zero-order chi connectivity index (χ0) is 13.0. The number of alkyl halides is 1. The normalized spacial score (nSPS) is 10.4. The molecule has 96 valence electrons. The lowest BCUT2D eigenvalue weighted by Gasteiger charge is -2.10. The summed E-state index contributed by atoms with van der Waals surface area (Å²) in [6.07, 6.45) is 0. The van der Waals surface area contributed by atoms with Crippen molar-refractivity contribution in [1.82, 2.24) is 0 Å². The average Bonchev–Trinajstić information content (AvgIpc) is 2.82. The highest BCUT2D eigenvalue weighted by atomic mass is 79.9. The van der Waals surface area contributed by atoms with Crippen LogP contribution in [0, 0.1) is 0 Å². The van der Waals surface area contributed by atoms with Crippen molar-refractivity contribution in [2.75, 3.05) is 7.11 Å². The molecular weight excluding hydrogens is 336 g/mol. The lowest BCUT2D eigenvalue weighted by Crippen LogP contribution is -1.96. The minimum atomic E-state index is 0.403. The van der Waals surface area contributed by atoms with Gasteiger partial charge in [-0.2, -0.15) is 0 Å². The maximum atomic E-state index is 5.91. The molecule has 0 atom stereocenters. The molecular formula is C13H12BrClO2S. The minimum Gasteiger partial charge on any atom is -0.497 e. The van der Waals surface area contributed by atoms with Crippen LogP contribution in [0.3, 0.4) is 0 Å². The van der Waals surface area contributed by atoms with E-state index in [1.165, 1.54) is 4.88 Å². The number of benzene rings is 1. The van der Waals surface area contributed by atoms with Crippen LogP contribution >= 0.6 is 38.9 Å². The van der Waals surface area contributed by atoms with Crippen LogP contribution in [0.1, 0.15) is 10.4 Å². The minimum absolute atomic E-state index is 0.403. The van der Waals surface area contributed by atoms with Gasteiger partial charge in [-0.05, 0) is 46.3 Å². The molecule has 18 heavy (non-hydrogen) atoms. The fourth-order valence-electron chi connectivity index (χ4n) is 1.51. The molecule has 0 amide bonds. The summed E-state index contributed by atoms with van der Waals surface area (Å²) in [6, 6.07) is 9.71. The van der Waals surface area contributed by atoms with Crippen LogP contribution in [0.5, 0.6) is 11.5 Å². The zero-order valence-corrected chi connectivity index (χ0v) is 12.9. The Bertz CT molecular complexity index is 527. The lowest BCUT2D eigenvalue weighted by atomic mass is 10.2. The van der Waals surface area contributed by atoms with E-state index in [4.69, 9.17) is 21.1 Å². The second kappa shape index (κ2) is 6.45. The van der Waals surface area contributed by atoms with Crippen LogP contribution in [0.15, 0.2) is 34.1 Å². The molecule has 0 aliphatic rings. The van der Waals surface area contributed by atoms with Crippen LogP contribution in [0.25, 0.3) is 0 Å². The van der Waals surface area contributed by atoms with Crippen LogP contribution in [-0.4, -0.2) is 7.11 Å². The van der Waals surface area contributed by atoms with Gasteiger partial charge in [0.25, 0.3) is 0 Å². The van der Waals surface area contributed by atoms with Crippen molar-refractivity contribution in [2.24, 2.45) is 0 Å². The van der Waals surface area contributed by atoms with Crippen molar-refractivity contribution < 1.29 is 9.47 Å². The monoisotopic (exact) mass is 346 g/mol. The summed E-state index contributed by atoms with van der Waals surface area (Å²) in [7, 11) is 1.64. The topological polar surface area (TPSA) is 18.5 Å². The number of hydrogen-bond donors (Lipinski definition) is 0. The smallest absolute Gasteiger partial charge is 0.124 e. The summed E-state index contributed by atoms with van der Waals surface area (Å²) in [6.45, 7) is 0.548. The summed E-state index contributed by atoms with van der Waals surface area (Å²) in [4.78, 5) is 1.17. The van der Waals surface area contributed by atoms with Gasteiger partial charge in [0, 0.05) is 10.4 Å². The summed E-state index contributed by atoms with van der Waals surface area (Å²) in [5, 5.41) is 0. The lowest BCUT2D eigenvalue weighted by molar-refractivity contribution is 0.306. The molecule has 0 N–H and O–H groups in total. The van der Waals surface area contributed by atoms with Crippen molar-refractivity contribution in [3.8, 4) is 11.5 Å². The number of ether oxygens (including phenoxy) is 2. The van der Waals surface area contributed by atoms with Gasteiger partial charge in [-0.3, -0.25) is 0 Å². The Kier molecular flexibility index (Phi) is 4.92. The predicted octanol–water partition coefficient (Wildman–Crippen LogP) is 4.84. The third-order valence-corrected chi connectivity index (χ3v) is 4.30. The van der Waals surface area contributed by atoms with Crippen molar-refractivity contribution in [3.63, 3.8) is 0 Å². The number of rotatable bonds is 5. The molecule has 0 radical (unpaired) electrons. The molecule has 5 heteroatoms. The summed E-state index contributed by atoms with van der Waals surface area (Å²) < 4.78 is 12.0. The first-order chi connectivity index (χ1) is 8.72. The summed E-state index contributed by atoms with van der Waals surface area (Å²) in [5.41, 5.74) is 0.937. The number of hydrogen-bond acceptors (Lipinski definition) is 3. The van der Waals surface area contributed by atoms with Gasteiger partial charge < -0.3 is 9.47 Å². The molecule has 1 aromatic carbocycles. The molecule has 0 bridgehead atoms. The molecule has 0 fully saturated rings. The molecule has 0 saturated heterocycles. The van der Waals surface area contributed by atoms with Gasteiger partial charge in [0.2, 0.25) is 0 Å². The van der Waals surface area contributed by atoms with Gasteiger partial charge in [0.1, 0.15) is 18.1 Å². The van der Waals surface area contributed by atoms with E-state index >= 15 is 0 Å². The molecule has 0 spiro atoms. The molecule has 1 aromatic heterocycles. The molecule has 2 rings (SSSR count). The molecule has 0 aliphatic heterocycles. The molecule has 0 saturated carbocycles. The largest absolute Gasteiger partial charge is 0.497 e. The van der Waals surface area contributed by atoms with Gasteiger partial charge in [0.05, 0.1) is 16.8 Å². The van der Waals surface area contributed by atoms with Crippen LogP contribution < -0.4 is 9.47 Å². The second-order valence-electron chi connectivity index (χ2n) is 3.60. The molecule has 1 heterocycles. The van der Waals surface area contributed by atoms with Gasteiger partial charge >= 0.3 is 0 Å². The zero-order valence-electron chi connectivity index (χ0n) is 9.78. The molecule has 0 unspecified atom stereocenters. The quantitative estimate of drug-likeness (QED) is 0.721. The molecule has 0 aliphatic carbocycles. The number of thiophene rings is 1. The van der Waals surface area contributed by atoms with E-state index in [0.717, 1.165) is 20.8 Å². The Labute approximate surface area is 124 Å². The van der Waals surface area contributed by atoms with E-state index in [9.17, 15) is 0 Å². The summed E-state index contributed by atoms with van der Waals surface area (Å²) >= 11 is 11.0. The Morgan fingerprint density at radius 2 is 2.11 bits per heavy atom. The molecule has 2 aromatic rings.